The van der Waals surface area contributed by atoms with Gasteiger partial charge in [0.05, 0.1) is 0 Å². The standard InChI is InChI=1S/C12H15BrN2/c1-8-2-9(4-13)5-14-12(8)15-6-10-3-11(10)7-15/h2,5,10-11H,3-4,6-7H2,1H3. The van der Waals surface area contributed by atoms with E-state index in [-0.39, 0.29) is 0 Å². The van der Waals surface area contributed by atoms with E-state index >= 15 is 0 Å². The Labute approximate surface area is 98.8 Å². The number of alkyl halides is 1. The number of aryl methyl sites for hydroxylation is 1. The number of nitrogens with zero attached hydrogens (tertiary/aromatic N) is 2. The average molecular weight is 267 g/mol. The summed E-state index contributed by atoms with van der Waals surface area (Å²) in [6.45, 7) is 4.62. The lowest BCUT2D eigenvalue weighted by molar-refractivity contribution is 0.801. The van der Waals surface area contributed by atoms with Gasteiger partial charge in [0.25, 0.3) is 0 Å². The van der Waals surface area contributed by atoms with Gasteiger partial charge in [-0.25, -0.2) is 4.98 Å². The van der Waals surface area contributed by atoms with Crippen LogP contribution in [0.5, 0.6) is 0 Å². The Hall–Kier alpha value is -0.570. The van der Waals surface area contributed by atoms with E-state index in [0.29, 0.717) is 0 Å². The average Bonchev–Trinajstić information content (AvgIpc) is 2.85. The zero-order valence-corrected chi connectivity index (χ0v) is 10.5. The maximum atomic E-state index is 4.58. The Kier molecular flexibility index (Phi) is 2.23. The van der Waals surface area contributed by atoms with E-state index in [1.165, 1.54) is 36.5 Å². The number of halogens is 1. The monoisotopic (exact) mass is 266 g/mol. The Bertz CT molecular complexity index is 381. The summed E-state index contributed by atoms with van der Waals surface area (Å²) in [6, 6.07) is 2.24. The summed E-state index contributed by atoms with van der Waals surface area (Å²) in [7, 11) is 0. The fourth-order valence-corrected chi connectivity index (χ4v) is 2.91. The highest BCUT2D eigenvalue weighted by molar-refractivity contribution is 9.08. The second-order valence-electron chi connectivity index (χ2n) is 4.78. The van der Waals surface area contributed by atoms with E-state index in [1.807, 2.05) is 6.20 Å². The van der Waals surface area contributed by atoms with Crippen molar-refractivity contribution in [3.05, 3.63) is 23.4 Å². The van der Waals surface area contributed by atoms with E-state index in [4.69, 9.17) is 0 Å². The van der Waals surface area contributed by atoms with Crippen molar-refractivity contribution in [2.45, 2.75) is 18.7 Å². The molecule has 0 bridgehead atoms. The lowest BCUT2D eigenvalue weighted by Gasteiger charge is -2.21. The number of hydrogen-bond acceptors (Lipinski definition) is 2. The minimum atomic E-state index is 0.895. The number of pyridine rings is 1. The lowest BCUT2D eigenvalue weighted by atomic mass is 10.2. The molecule has 1 aliphatic heterocycles. The van der Waals surface area contributed by atoms with Crippen LogP contribution in [0.25, 0.3) is 0 Å². The van der Waals surface area contributed by atoms with Crippen molar-refractivity contribution in [3.63, 3.8) is 0 Å². The van der Waals surface area contributed by atoms with Crippen LogP contribution in [0.4, 0.5) is 5.82 Å². The van der Waals surface area contributed by atoms with Crippen molar-refractivity contribution in [2.75, 3.05) is 18.0 Å². The smallest absolute Gasteiger partial charge is 0.131 e. The molecule has 3 rings (SSSR count). The summed E-state index contributed by atoms with van der Waals surface area (Å²) in [5, 5.41) is 0.895. The summed E-state index contributed by atoms with van der Waals surface area (Å²) in [6.07, 6.45) is 3.44. The third-order valence-corrected chi connectivity index (χ3v) is 4.19. The molecule has 0 spiro atoms. The predicted octanol–water partition coefficient (Wildman–Crippen LogP) is 2.74. The van der Waals surface area contributed by atoms with Gasteiger partial charge < -0.3 is 4.90 Å². The highest BCUT2D eigenvalue weighted by Crippen LogP contribution is 2.46. The number of hydrogen-bond donors (Lipinski definition) is 0. The number of aromatic nitrogens is 1. The number of piperidine rings is 1. The fourth-order valence-electron chi connectivity index (χ4n) is 2.60. The Morgan fingerprint density at radius 3 is 2.80 bits per heavy atom. The molecule has 1 saturated heterocycles. The Balaban J connectivity index is 1.85. The van der Waals surface area contributed by atoms with Gasteiger partial charge in [-0.2, -0.15) is 0 Å². The van der Waals surface area contributed by atoms with Crippen LogP contribution in [-0.4, -0.2) is 18.1 Å². The maximum Gasteiger partial charge on any atom is 0.131 e. The molecule has 0 radical (unpaired) electrons. The molecule has 80 valence electrons. The molecule has 1 aromatic rings. The first-order valence-corrected chi connectivity index (χ1v) is 6.66. The van der Waals surface area contributed by atoms with Crippen LogP contribution < -0.4 is 4.90 Å². The third-order valence-electron chi connectivity index (χ3n) is 3.54. The first kappa shape index (κ1) is 9.64. The normalized spacial score (nSPS) is 28.0. The van der Waals surface area contributed by atoms with Crippen molar-refractivity contribution in [3.8, 4) is 0 Å². The maximum absolute atomic E-state index is 4.58. The SMILES string of the molecule is Cc1cc(CBr)cnc1N1CC2CC2C1. The van der Waals surface area contributed by atoms with Crippen molar-refractivity contribution in [1.29, 1.82) is 0 Å². The molecule has 2 heterocycles. The van der Waals surface area contributed by atoms with Gasteiger partial charge in [-0.3, -0.25) is 0 Å². The van der Waals surface area contributed by atoms with Gasteiger partial charge in [0.15, 0.2) is 0 Å². The molecule has 1 aromatic heterocycles. The second-order valence-corrected chi connectivity index (χ2v) is 5.34. The molecule has 0 N–H and O–H groups in total. The molecule has 1 aliphatic carbocycles. The molecule has 0 amide bonds. The Morgan fingerprint density at radius 1 is 1.47 bits per heavy atom. The summed E-state index contributed by atoms with van der Waals surface area (Å²) in [5.41, 5.74) is 2.58. The van der Waals surface area contributed by atoms with Crippen molar-refractivity contribution >= 4 is 21.7 Å². The molecule has 1 saturated carbocycles. The van der Waals surface area contributed by atoms with E-state index in [2.05, 4.69) is 38.8 Å². The van der Waals surface area contributed by atoms with Gasteiger partial charge >= 0.3 is 0 Å². The van der Waals surface area contributed by atoms with E-state index < -0.39 is 0 Å². The summed E-state index contributed by atoms with van der Waals surface area (Å²) in [5.74, 6) is 3.15. The number of anilines is 1. The van der Waals surface area contributed by atoms with Crippen molar-refractivity contribution in [2.24, 2.45) is 11.8 Å². The molecule has 2 unspecified atom stereocenters. The van der Waals surface area contributed by atoms with Crippen molar-refractivity contribution < 1.29 is 0 Å². The summed E-state index contributed by atoms with van der Waals surface area (Å²) < 4.78 is 0. The highest BCUT2D eigenvalue weighted by atomic mass is 79.9. The van der Waals surface area contributed by atoms with Crippen LogP contribution in [0.2, 0.25) is 0 Å². The molecular weight excluding hydrogens is 252 g/mol. The summed E-state index contributed by atoms with van der Waals surface area (Å²) >= 11 is 3.46. The first-order valence-electron chi connectivity index (χ1n) is 5.54. The summed E-state index contributed by atoms with van der Waals surface area (Å²) in [4.78, 5) is 7.03. The van der Waals surface area contributed by atoms with E-state index in [9.17, 15) is 0 Å². The fraction of sp³-hybridized carbons (Fsp3) is 0.583. The predicted molar refractivity (Wildman–Crippen MR) is 65.4 cm³/mol. The Morgan fingerprint density at radius 2 is 2.20 bits per heavy atom. The van der Waals surface area contributed by atoms with Crippen LogP contribution >= 0.6 is 15.9 Å². The second kappa shape index (κ2) is 3.48. The topological polar surface area (TPSA) is 16.1 Å². The quantitative estimate of drug-likeness (QED) is 0.766. The zero-order chi connectivity index (χ0) is 10.4. The number of fused-ring (bicyclic) bond motifs is 1. The number of rotatable bonds is 2. The van der Waals surface area contributed by atoms with Crippen LogP contribution in [0.15, 0.2) is 12.3 Å². The van der Waals surface area contributed by atoms with Gasteiger partial charge in [-0.15, -0.1) is 0 Å². The van der Waals surface area contributed by atoms with Crippen molar-refractivity contribution in [1.82, 2.24) is 4.98 Å². The zero-order valence-electron chi connectivity index (χ0n) is 8.91. The minimum Gasteiger partial charge on any atom is -0.356 e. The molecular formula is C12H15BrN2. The molecule has 2 fully saturated rings. The molecule has 2 atom stereocenters. The van der Waals surface area contributed by atoms with Gasteiger partial charge in [-0.05, 0) is 36.3 Å². The van der Waals surface area contributed by atoms with Gasteiger partial charge in [-0.1, -0.05) is 22.0 Å². The molecule has 2 nitrogen and oxygen atoms in total. The van der Waals surface area contributed by atoms with Crippen LogP contribution in [0, 0.1) is 18.8 Å². The molecule has 2 aliphatic rings. The van der Waals surface area contributed by atoms with Crippen LogP contribution in [0.1, 0.15) is 17.5 Å². The van der Waals surface area contributed by atoms with Gasteiger partial charge in [0, 0.05) is 24.6 Å². The van der Waals surface area contributed by atoms with Crippen LogP contribution in [0.3, 0.4) is 0 Å². The molecule has 0 aromatic carbocycles. The van der Waals surface area contributed by atoms with E-state index in [1.54, 1.807) is 0 Å². The largest absolute Gasteiger partial charge is 0.356 e. The highest BCUT2D eigenvalue weighted by Gasteiger charge is 2.45. The van der Waals surface area contributed by atoms with Gasteiger partial charge in [0.1, 0.15) is 5.82 Å². The van der Waals surface area contributed by atoms with E-state index in [0.717, 1.165) is 17.2 Å². The van der Waals surface area contributed by atoms with Gasteiger partial charge in [0.2, 0.25) is 0 Å². The first-order chi connectivity index (χ1) is 7.28. The minimum absolute atomic E-state index is 0.895. The lowest BCUT2D eigenvalue weighted by Crippen LogP contribution is -2.23. The third kappa shape index (κ3) is 1.67. The molecule has 3 heteroatoms. The van der Waals surface area contributed by atoms with Crippen LogP contribution in [-0.2, 0) is 5.33 Å². The molecule has 15 heavy (non-hydrogen) atoms.